The van der Waals surface area contributed by atoms with Crippen LogP contribution in [-0.4, -0.2) is 32.2 Å². The first-order valence-corrected chi connectivity index (χ1v) is 7.14. The standard InChI is InChI=1S/C14H22N2O2/c17-13(14(18)10-5-6-10)9-11-7-8-16(15-11)12-3-1-2-4-12/h7-8,10,12-14,17-18H,1-6,9H2. The minimum absolute atomic E-state index is 0.317. The molecule has 2 atom stereocenters. The largest absolute Gasteiger partial charge is 0.390 e. The predicted molar refractivity (Wildman–Crippen MR) is 68.2 cm³/mol. The molecule has 0 spiro atoms. The van der Waals surface area contributed by atoms with E-state index in [4.69, 9.17) is 0 Å². The van der Waals surface area contributed by atoms with Crippen molar-refractivity contribution in [1.82, 2.24) is 9.78 Å². The molecule has 1 aromatic heterocycles. The summed E-state index contributed by atoms with van der Waals surface area (Å²) < 4.78 is 2.04. The molecule has 4 nitrogen and oxygen atoms in total. The number of aromatic nitrogens is 2. The number of aliphatic hydroxyl groups excluding tert-OH is 2. The molecule has 0 bridgehead atoms. The molecule has 2 unspecified atom stereocenters. The average Bonchev–Trinajstić information content (AvgIpc) is 2.89. The van der Waals surface area contributed by atoms with Crippen LogP contribution in [0.3, 0.4) is 0 Å². The van der Waals surface area contributed by atoms with Crippen LogP contribution >= 0.6 is 0 Å². The fraction of sp³-hybridized carbons (Fsp3) is 0.786. The van der Waals surface area contributed by atoms with E-state index in [2.05, 4.69) is 5.10 Å². The number of rotatable bonds is 5. The highest BCUT2D eigenvalue weighted by molar-refractivity contribution is 5.03. The Morgan fingerprint density at radius 2 is 1.94 bits per heavy atom. The molecule has 0 radical (unpaired) electrons. The van der Waals surface area contributed by atoms with Crippen molar-refractivity contribution >= 4 is 0 Å². The van der Waals surface area contributed by atoms with Crippen molar-refractivity contribution in [1.29, 1.82) is 0 Å². The molecule has 1 heterocycles. The molecule has 0 aromatic carbocycles. The maximum Gasteiger partial charge on any atom is 0.0857 e. The van der Waals surface area contributed by atoms with E-state index >= 15 is 0 Å². The summed E-state index contributed by atoms with van der Waals surface area (Å²) in [4.78, 5) is 0. The number of aliphatic hydroxyl groups is 2. The maximum atomic E-state index is 9.96. The van der Waals surface area contributed by atoms with Crippen LogP contribution in [0.5, 0.6) is 0 Å². The van der Waals surface area contributed by atoms with Gasteiger partial charge in [0.15, 0.2) is 0 Å². The summed E-state index contributed by atoms with van der Waals surface area (Å²) in [6.07, 6.45) is 8.38. The van der Waals surface area contributed by atoms with E-state index in [1.54, 1.807) is 0 Å². The van der Waals surface area contributed by atoms with Crippen LogP contribution in [0.15, 0.2) is 12.3 Å². The zero-order valence-electron chi connectivity index (χ0n) is 10.7. The Balaban J connectivity index is 1.58. The summed E-state index contributed by atoms with van der Waals surface area (Å²) >= 11 is 0. The Labute approximate surface area is 108 Å². The minimum Gasteiger partial charge on any atom is -0.390 e. The van der Waals surface area contributed by atoms with Crippen LogP contribution < -0.4 is 0 Å². The van der Waals surface area contributed by atoms with Gasteiger partial charge in [-0.1, -0.05) is 12.8 Å². The zero-order valence-corrected chi connectivity index (χ0v) is 10.7. The summed E-state index contributed by atoms with van der Waals surface area (Å²) in [7, 11) is 0. The first-order valence-electron chi connectivity index (χ1n) is 7.14. The Bertz CT molecular complexity index is 394. The second-order valence-corrected chi connectivity index (χ2v) is 5.82. The molecule has 0 aliphatic heterocycles. The Morgan fingerprint density at radius 1 is 1.22 bits per heavy atom. The number of hydrogen-bond acceptors (Lipinski definition) is 3. The Morgan fingerprint density at radius 3 is 2.61 bits per heavy atom. The second-order valence-electron chi connectivity index (χ2n) is 5.82. The van der Waals surface area contributed by atoms with Gasteiger partial charge in [-0.15, -0.1) is 0 Å². The molecular weight excluding hydrogens is 228 g/mol. The normalized spacial score (nSPS) is 24.3. The SMILES string of the molecule is OC(Cc1ccn(C2CCCC2)n1)C(O)C1CC1. The molecule has 2 fully saturated rings. The van der Waals surface area contributed by atoms with Gasteiger partial charge in [0.05, 0.1) is 23.9 Å². The van der Waals surface area contributed by atoms with Gasteiger partial charge in [0.2, 0.25) is 0 Å². The van der Waals surface area contributed by atoms with E-state index < -0.39 is 12.2 Å². The molecule has 2 N–H and O–H groups in total. The summed E-state index contributed by atoms with van der Waals surface area (Å²) in [5, 5.41) is 24.3. The van der Waals surface area contributed by atoms with Crippen molar-refractivity contribution in [2.24, 2.45) is 5.92 Å². The fourth-order valence-corrected chi connectivity index (χ4v) is 2.95. The molecule has 2 aliphatic rings. The highest BCUT2D eigenvalue weighted by atomic mass is 16.3. The van der Waals surface area contributed by atoms with Crippen molar-refractivity contribution in [2.75, 3.05) is 0 Å². The van der Waals surface area contributed by atoms with Gasteiger partial charge in [0, 0.05) is 12.6 Å². The highest BCUT2D eigenvalue weighted by Gasteiger charge is 2.34. The van der Waals surface area contributed by atoms with Gasteiger partial charge in [0.25, 0.3) is 0 Å². The summed E-state index contributed by atoms with van der Waals surface area (Å²) in [5.74, 6) is 0.317. The lowest BCUT2D eigenvalue weighted by Crippen LogP contribution is -2.30. The topological polar surface area (TPSA) is 58.3 Å². The first-order chi connectivity index (χ1) is 8.74. The lowest BCUT2D eigenvalue weighted by atomic mass is 10.1. The van der Waals surface area contributed by atoms with Crippen molar-refractivity contribution in [3.63, 3.8) is 0 Å². The maximum absolute atomic E-state index is 9.96. The number of nitrogens with zero attached hydrogens (tertiary/aromatic N) is 2. The smallest absolute Gasteiger partial charge is 0.0857 e. The van der Waals surface area contributed by atoms with E-state index in [9.17, 15) is 10.2 Å². The van der Waals surface area contributed by atoms with E-state index in [0.29, 0.717) is 18.4 Å². The van der Waals surface area contributed by atoms with Crippen molar-refractivity contribution in [3.05, 3.63) is 18.0 Å². The van der Waals surface area contributed by atoms with Gasteiger partial charge in [-0.25, -0.2) is 0 Å². The average molecular weight is 250 g/mol. The third-order valence-electron chi connectivity index (χ3n) is 4.28. The number of hydrogen-bond donors (Lipinski definition) is 2. The van der Waals surface area contributed by atoms with Crippen LogP contribution in [0.2, 0.25) is 0 Å². The molecule has 0 amide bonds. The second kappa shape index (κ2) is 5.02. The van der Waals surface area contributed by atoms with Gasteiger partial charge in [-0.3, -0.25) is 4.68 Å². The third kappa shape index (κ3) is 2.59. The predicted octanol–water partition coefficient (Wildman–Crippen LogP) is 1.67. The van der Waals surface area contributed by atoms with Gasteiger partial charge >= 0.3 is 0 Å². The molecule has 3 rings (SSSR count). The molecule has 1 aromatic rings. The van der Waals surface area contributed by atoms with Crippen LogP contribution in [0.4, 0.5) is 0 Å². The van der Waals surface area contributed by atoms with Crippen molar-refractivity contribution in [2.45, 2.75) is 63.2 Å². The van der Waals surface area contributed by atoms with E-state index in [1.165, 1.54) is 25.7 Å². The summed E-state index contributed by atoms with van der Waals surface area (Å²) in [6, 6.07) is 2.52. The first kappa shape index (κ1) is 12.2. The van der Waals surface area contributed by atoms with Gasteiger partial charge in [-0.2, -0.15) is 5.10 Å². The third-order valence-corrected chi connectivity index (χ3v) is 4.28. The van der Waals surface area contributed by atoms with E-state index in [1.807, 2.05) is 16.9 Å². The van der Waals surface area contributed by atoms with Gasteiger partial charge in [0.1, 0.15) is 0 Å². The van der Waals surface area contributed by atoms with Crippen LogP contribution in [-0.2, 0) is 6.42 Å². The van der Waals surface area contributed by atoms with Gasteiger partial charge in [-0.05, 0) is 37.7 Å². The fourth-order valence-electron chi connectivity index (χ4n) is 2.95. The molecule has 2 aliphatic carbocycles. The molecule has 2 saturated carbocycles. The van der Waals surface area contributed by atoms with Crippen LogP contribution in [0.1, 0.15) is 50.3 Å². The minimum atomic E-state index is -0.663. The molecule has 0 saturated heterocycles. The Kier molecular flexibility index (Phi) is 3.39. The van der Waals surface area contributed by atoms with E-state index in [-0.39, 0.29) is 0 Å². The van der Waals surface area contributed by atoms with Crippen molar-refractivity contribution < 1.29 is 10.2 Å². The lowest BCUT2D eigenvalue weighted by Gasteiger charge is -2.16. The monoisotopic (exact) mass is 250 g/mol. The molecular formula is C14H22N2O2. The zero-order chi connectivity index (χ0) is 12.5. The summed E-state index contributed by atoms with van der Waals surface area (Å²) in [6.45, 7) is 0. The quantitative estimate of drug-likeness (QED) is 0.835. The Hall–Kier alpha value is -0.870. The molecule has 4 heteroatoms. The molecule has 100 valence electrons. The van der Waals surface area contributed by atoms with Crippen LogP contribution in [0, 0.1) is 5.92 Å². The van der Waals surface area contributed by atoms with E-state index in [0.717, 1.165) is 18.5 Å². The lowest BCUT2D eigenvalue weighted by molar-refractivity contribution is 0.00613. The highest BCUT2D eigenvalue weighted by Crippen LogP contribution is 2.34. The summed E-state index contributed by atoms with van der Waals surface area (Å²) in [5.41, 5.74) is 0.897. The van der Waals surface area contributed by atoms with Crippen molar-refractivity contribution in [3.8, 4) is 0 Å². The van der Waals surface area contributed by atoms with Gasteiger partial charge < -0.3 is 10.2 Å². The molecule has 18 heavy (non-hydrogen) atoms. The van der Waals surface area contributed by atoms with Crippen LogP contribution in [0.25, 0.3) is 0 Å².